The summed E-state index contributed by atoms with van der Waals surface area (Å²) in [5.74, 6) is 0. The molecule has 0 aliphatic heterocycles. The summed E-state index contributed by atoms with van der Waals surface area (Å²) in [5, 5.41) is 3.70. The zero-order valence-corrected chi connectivity index (χ0v) is 12.0. The molecule has 0 bridgehead atoms. The lowest BCUT2D eigenvalue weighted by molar-refractivity contribution is 0.847. The van der Waals surface area contributed by atoms with E-state index in [4.69, 9.17) is 11.6 Å². The molecule has 0 atom stereocenters. The summed E-state index contributed by atoms with van der Waals surface area (Å²) in [4.78, 5) is 17.0. The van der Waals surface area contributed by atoms with Crippen molar-refractivity contribution in [3.63, 3.8) is 0 Å². The number of nitrogens with one attached hydrogen (secondary N) is 1. The first-order valence-electron chi connectivity index (χ1n) is 6.37. The van der Waals surface area contributed by atoms with Crippen molar-refractivity contribution >= 4 is 17.2 Å². The first-order chi connectivity index (χ1) is 9.54. The SMILES string of the molecule is Cc1cc2nc(C)c(Cc3ccc(Cl)cc3)c(=O)n2[nH]1. The Kier molecular flexibility index (Phi) is 3.10. The molecule has 1 N–H and O–H groups in total. The minimum atomic E-state index is -0.0458. The summed E-state index contributed by atoms with van der Waals surface area (Å²) in [5.41, 5.74) is 4.04. The van der Waals surface area contributed by atoms with Crippen molar-refractivity contribution in [3.05, 3.63) is 68.2 Å². The van der Waals surface area contributed by atoms with Crippen LogP contribution in [0.5, 0.6) is 0 Å². The molecule has 0 saturated heterocycles. The Labute approximate surface area is 121 Å². The van der Waals surface area contributed by atoms with E-state index in [1.165, 1.54) is 4.52 Å². The third-order valence-corrected chi connectivity index (χ3v) is 3.59. The fourth-order valence-electron chi connectivity index (χ4n) is 2.30. The van der Waals surface area contributed by atoms with Gasteiger partial charge in [-0.3, -0.25) is 9.89 Å². The number of rotatable bonds is 2. The molecule has 3 rings (SSSR count). The molecule has 0 spiro atoms. The zero-order chi connectivity index (χ0) is 14.3. The van der Waals surface area contributed by atoms with Gasteiger partial charge in [0.05, 0.1) is 0 Å². The second-order valence-electron chi connectivity index (χ2n) is 4.92. The number of fused-ring (bicyclic) bond motifs is 1. The molecule has 0 saturated carbocycles. The molecule has 0 aliphatic rings. The van der Waals surface area contributed by atoms with E-state index in [9.17, 15) is 4.79 Å². The highest BCUT2D eigenvalue weighted by molar-refractivity contribution is 6.30. The molecular formula is C15H14ClN3O. The first-order valence-corrected chi connectivity index (χ1v) is 6.74. The van der Waals surface area contributed by atoms with Crippen molar-refractivity contribution in [3.8, 4) is 0 Å². The summed E-state index contributed by atoms with van der Waals surface area (Å²) in [6.45, 7) is 3.78. The molecule has 0 amide bonds. The third-order valence-electron chi connectivity index (χ3n) is 3.34. The summed E-state index contributed by atoms with van der Waals surface area (Å²) in [6, 6.07) is 9.37. The van der Waals surface area contributed by atoms with Crippen LogP contribution >= 0.6 is 11.6 Å². The van der Waals surface area contributed by atoms with Gasteiger partial charge in [0, 0.05) is 34.5 Å². The molecule has 1 aromatic carbocycles. The lowest BCUT2D eigenvalue weighted by atomic mass is 10.1. The fraction of sp³-hybridized carbons (Fsp3) is 0.200. The predicted molar refractivity (Wildman–Crippen MR) is 79.5 cm³/mol. The minimum Gasteiger partial charge on any atom is -0.294 e. The Morgan fingerprint density at radius 3 is 2.65 bits per heavy atom. The number of hydrogen-bond donors (Lipinski definition) is 1. The highest BCUT2D eigenvalue weighted by Gasteiger charge is 2.11. The zero-order valence-electron chi connectivity index (χ0n) is 11.3. The summed E-state index contributed by atoms with van der Waals surface area (Å²) in [6.07, 6.45) is 0.551. The highest BCUT2D eigenvalue weighted by Crippen LogP contribution is 2.14. The summed E-state index contributed by atoms with van der Waals surface area (Å²) in [7, 11) is 0. The molecule has 0 radical (unpaired) electrons. The minimum absolute atomic E-state index is 0.0458. The number of aromatic amines is 1. The number of halogens is 1. The number of aromatic nitrogens is 3. The van der Waals surface area contributed by atoms with Crippen LogP contribution < -0.4 is 5.56 Å². The van der Waals surface area contributed by atoms with Crippen LogP contribution in [0.25, 0.3) is 5.65 Å². The van der Waals surface area contributed by atoms with Crippen molar-refractivity contribution in [1.82, 2.24) is 14.6 Å². The van der Waals surface area contributed by atoms with Crippen molar-refractivity contribution in [1.29, 1.82) is 0 Å². The monoisotopic (exact) mass is 287 g/mol. The van der Waals surface area contributed by atoms with Gasteiger partial charge >= 0.3 is 0 Å². The maximum atomic E-state index is 12.5. The summed E-state index contributed by atoms with van der Waals surface area (Å²) >= 11 is 5.87. The van der Waals surface area contributed by atoms with Gasteiger partial charge in [0.15, 0.2) is 5.65 Å². The van der Waals surface area contributed by atoms with Gasteiger partial charge < -0.3 is 0 Å². The number of benzene rings is 1. The molecule has 102 valence electrons. The summed E-state index contributed by atoms with van der Waals surface area (Å²) < 4.78 is 1.49. The van der Waals surface area contributed by atoms with Gasteiger partial charge in [0.25, 0.3) is 5.56 Å². The van der Waals surface area contributed by atoms with Crippen LogP contribution in [0, 0.1) is 13.8 Å². The largest absolute Gasteiger partial charge is 0.294 e. The molecule has 0 unspecified atom stereocenters. The lowest BCUT2D eigenvalue weighted by Crippen LogP contribution is -2.22. The van der Waals surface area contributed by atoms with E-state index in [1.54, 1.807) is 0 Å². The van der Waals surface area contributed by atoms with E-state index in [0.29, 0.717) is 22.7 Å². The Bertz CT molecular complexity index is 831. The molecule has 5 heteroatoms. The van der Waals surface area contributed by atoms with Gasteiger partial charge in [0.2, 0.25) is 0 Å². The Balaban J connectivity index is 2.11. The molecule has 2 aromatic heterocycles. The smallest absolute Gasteiger partial charge is 0.276 e. The van der Waals surface area contributed by atoms with E-state index in [-0.39, 0.29) is 5.56 Å². The normalized spacial score (nSPS) is 11.2. The van der Waals surface area contributed by atoms with E-state index in [0.717, 1.165) is 17.0 Å². The van der Waals surface area contributed by atoms with Crippen molar-refractivity contribution in [2.75, 3.05) is 0 Å². The molecule has 0 fully saturated rings. The molecule has 20 heavy (non-hydrogen) atoms. The van der Waals surface area contributed by atoms with Crippen LogP contribution in [0.2, 0.25) is 5.02 Å². The average molecular weight is 288 g/mol. The number of nitrogens with zero attached hydrogens (tertiary/aromatic N) is 2. The maximum absolute atomic E-state index is 12.5. The second kappa shape index (κ2) is 4.80. The quantitative estimate of drug-likeness (QED) is 0.788. The lowest BCUT2D eigenvalue weighted by Gasteiger charge is -2.05. The van der Waals surface area contributed by atoms with Crippen LogP contribution in [0.1, 0.15) is 22.5 Å². The molecule has 3 aromatic rings. The molecule has 0 aliphatic carbocycles. The van der Waals surface area contributed by atoms with E-state index in [1.807, 2.05) is 44.2 Å². The van der Waals surface area contributed by atoms with Gasteiger partial charge in [-0.05, 0) is 31.5 Å². The Morgan fingerprint density at radius 1 is 1.25 bits per heavy atom. The maximum Gasteiger partial charge on any atom is 0.276 e. The van der Waals surface area contributed by atoms with Crippen molar-refractivity contribution in [2.45, 2.75) is 20.3 Å². The first kappa shape index (κ1) is 12.9. The third kappa shape index (κ3) is 2.23. The highest BCUT2D eigenvalue weighted by atomic mass is 35.5. The number of hydrogen-bond acceptors (Lipinski definition) is 2. The fourth-order valence-corrected chi connectivity index (χ4v) is 2.43. The van der Waals surface area contributed by atoms with Gasteiger partial charge in [-0.2, -0.15) is 0 Å². The Hall–Kier alpha value is -2.07. The number of aryl methyl sites for hydroxylation is 2. The predicted octanol–water partition coefficient (Wildman–Crippen LogP) is 2.88. The average Bonchev–Trinajstić information content (AvgIpc) is 2.77. The van der Waals surface area contributed by atoms with Gasteiger partial charge in [0.1, 0.15) is 0 Å². The van der Waals surface area contributed by atoms with Crippen LogP contribution in [-0.2, 0) is 6.42 Å². The van der Waals surface area contributed by atoms with Crippen LogP contribution in [-0.4, -0.2) is 14.6 Å². The van der Waals surface area contributed by atoms with Crippen molar-refractivity contribution in [2.24, 2.45) is 0 Å². The van der Waals surface area contributed by atoms with Gasteiger partial charge in [-0.1, -0.05) is 23.7 Å². The molecule has 2 heterocycles. The standard InChI is InChI=1S/C15H14ClN3O/c1-9-7-14-17-10(2)13(15(20)19(14)18-9)8-11-3-5-12(16)6-4-11/h3-7,18H,8H2,1-2H3. The number of H-pyrrole nitrogens is 1. The van der Waals surface area contributed by atoms with E-state index >= 15 is 0 Å². The van der Waals surface area contributed by atoms with Gasteiger partial charge in [-0.15, -0.1) is 0 Å². The second-order valence-corrected chi connectivity index (χ2v) is 5.35. The van der Waals surface area contributed by atoms with Gasteiger partial charge in [-0.25, -0.2) is 9.50 Å². The van der Waals surface area contributed by atoms with E-state index < -0.39 is 0 Å². The van der Waals surface area contributed by atoms with E-state index in [2.05, 4.69) is 10.1 Å². The van der Waals surface area contributed by atoms with Crippen LogP contribution in [0.4, 0.5) is 0 Å². The van der Waals surface area contributed by atoms with Crippen LogP contribution in [0.15, 0.2) is 35.1 Å². The Morgan fingerprint density at radius 2 is 1.95 bits per heavy atom. The van der Waals surface area contributed by atoms with Crippen molar-refractivity contribution < 1.29 is 0 Å². The molecule has 4 nitrogen and oxygen atoms in total. The topological polar surface area (TPSA) is 50.2 Å². The molecular weight excluding hydrogens is 274 g/mol. The van der Waals surface area contributed by atoms with Crippen LogP contribution in [0.3, 0.4) is 0 Å².